The van der Waals surface area contributed by atoms with Gasteiger partial charge >= 0.3 is 0 Å². The van der Waals surface area contributed by atoms with Crippen LogP contribution < -0.4 is 16.4 Å². The summed E-state index contributed by atoms with van der Waals surface area (Å²) in [5.74, 6) is 0.549. The molecule has 0 bridgehead atoms. The molecule has 0 saturated heterocycles. The van der Waals surface area contributed by atoms with Crippen LogP contribution in [0.2, 0.25) is 0 Å². The summed E-state index contributed by atoms with van der Waals surface area (Å²) >= 11 is 1.27. The number of nitrogens with one attached hydrogen (secondary N) is 2. The first-order valence-corrected chi connectivity index (χ1v) is 7.99. The highest BCUT2D eigenvalue weighted by Crippen LogP contribution is 2.25. The van der Waals surface area contributed by atoms with E-state index < -0.39 is 5.60 Å². The van der Waals surface area contributed by atoms with Crippen molar-refractivity contribution >= 4 is 28.2 Å². The Hall–Kier alpha value is -1.34. The molecule has 21 heavy (non-hydrogen) atoms. The molecule has 1 aromatic rings. The summed E-state index contributed by atoms with van der Waals surface area (Å²) in [6.07, 6.45) is 0. The van der Waals surface area contributed by atoms with Gasteiger partial charge in [0.1, 0.15) is 10.7 Å². The second kappa shape index (κ2) is 7.61. The quantitative estimate of drug-likeness (QED) is 0.685. The SMILES string of the molecule is CCOC(C)(C)CNC(=O)c1sc(NCC(C)C)nc1N. The van der Waals surface area contributed by atoms with Crippen LogP contribution in [-0.2, 0) is 4.74 Å². The minimum atomic E-state index is -0.400. The van der Waals surface area contributed by atoms with Gasteiger partial charge in [0.15, 0.2) is 5.13 Å². The lowest BCUT2D eigenvalue weighted by Gasteiger charge is -2.24. The van der Waals surface area contributed by atoms with Crippen molar-refractivity contribution in [3.05, 3.63) is 4.88 Å². The van der Waals surface area contributed by atoms with E-state index in [2.05, 4.69) is 29.5 Å². The molecule has 1 aromatic heterocycles. The fraction of sp³-hybridized carbons (Fsp3) is 0.714. The Morgan fingerprint density at radius 2 is 2.14 bits per heavy atom. The third kappa shape index (κ3) is 5.89. The van der Waals surface area contributed by atoms with Gasteiger partial charge in [-0.2, -0.15) is 0 Å². The molecule has 0 spiro atoms. The standard InChI is InChI=1S/C14H26N4O2S/c1-6-20-14(4,5)8-17-12(19)10-11(15)18-13(21-10)16-7-9(2)3/h9H,6-8,15H2,1-5H3,(H,16,18)(H,17,19). The predicted octanol–water partition coefficient (Wildman–Crippen LogP) is 2.34. The molecule has 6 nitrogen and oxygen atoms in total. The number of amides is 1. The zero-order valence-electron chi connectivity index (χ0n) is 13.4. The third-order valence-corrected chi connectivity index (χ3v) is 3.76. The van der Waals surface area contributed by atoms with E-state index in [4.69, 9.17) is 10.5 Å². The molecule has 0 aliphatic heterocycles. The van der Waals surface area contributed by atoms with E-state index >= 15 is 0 Å². The molecule has 4 N–H and O–H groups in total. The number of hydrogen-bond acceptors (Lipinski definition) is 6. The lowest BCUT2D eigenvalue weighted by Crippen LogP contribution is -2.40. The number of nitrogens with two attached hydrogens (primary N) is 1. The number of aromatic nitrogens is 1. The monoisotopic (exact) mass is 314 g/mol. The molecule has 0 unspecified atom stereocenters. The number of ether oxygens (including phenoxy) is 1. The van der Waals surface area contributed by atoms with Crippen LogP contribution in [0, 0.1) is 5.92 Å². The van der Waals surface area contributed by atoms with Crippen LogP contribution in [0.5, 0.6) is 0 Å². The van der Waals surface area contributed by atoms with E-state index in [1.54, 1.807) is 0 Å². The average molecular weight is 314 g/mol. The number of carbonyl (C=O) groups is 1. The van der Waals surface area contributed by atoms with Gasteiger partial charge in [0.05, 0.1) is 5.60 Å². The lowest BCUT2D eigenvalue weighted by molar-refractivity contribution is -0.00812. The van der Waals surface area contributed by atoms with Gasteiger partial charge in [0, 0.05) is 19.7 Å². The van der Waals surface area contributed by atoms with Crippen molar-refractivity contribution in [2.45, 2.75) is 40.2 Å². The van der Waals surface area contributed by atoms with Gasteiger partial charge in [-0.05, 0) is 26.7 Å². The molecule has 0 radical (unpaired) electrons. The third-order valence-electron chi connectivity index (χ3n) is 2.73. The summed E-state index contributed by atoms with van der Waals surface area (Å²) in [5, 5.41) is 6.69. The van der Waals surface area contributed by atoms with E-state index in [0.717, 1.165) is 6.54 Å². The summed E-state index contributed by atoms with van der Waals surface area (Å²) in [4.78, 5) is 16.8. The number of rotatable bonds is 8. The van der Waals surface area contributed by atoms with Gasteiger partial charge in [-0.25, -0.2) is 4.98 Å². The summed E-state index contributed by atoms with van der Waals surface area (Å²) in [6.45, 7) is 11.8. The van der Waals surface area contributed by atoms with Crippen molar-refractivity contribution in [1.29, 1.82) is 0 Å². The van der Waals surface area contributed by atoms with Gasteiger partial charge in [0.25, 0.3) is 5.91 Å². The van der Waals surface area contributed by atoms with Crippen molar-refractivity contribution in [2.75, 3.05) is 30.7 Å². The molecule has 7 heteroatoms. The summed E-state index contributed by atoms with van der Waals surface area (Å²) in [5.41, 5.74) is 5.41. The number of nitrogens with zero attached hydrogens (tertiary/aromatic N) is 1. The minimum Gasteiger partial charge on any atom is -0.382 e. The lowest BCUT2D eigenvalue weighted by atomic mass is 10.1. The van der Waals surface area contributed by atoms with E-state index in [9.17, 15) is 4.79 Å². The largest absolute Gasteiger partial charge is 0.382 e. The molecule has 0 fully saturated rings. The first-order chi connectivity index (χ1) is 9.75. The van der Waals surface area contributed by atoms with Crippen LogP contribution in [0.3, 0.4) is 0 Å². The smallest absolute Gasteiger partial charge is 0.265 e. The van der Waals surface area contributed by atoms with Crippen LogP contribution in [0.15, 0.2) is 0 Å². The van der Waals surface area contributed by atoms with Crippen LogP contribution in [0.25, 0.3) is 0 Å². The molecule has 0 aliphatic rings. The Balaban J connectivity index is 2.62. The topological polar surface area (TPSA) is 89.3 Å². The normalized spacial score (nSPS) is 11.7. The Morgan fingerprint density at radius 1 is 1.48 bits per heavy atom. The second-order valence-electron chi connectivity index (χ2n) is 5.88. The van der Waals surface area contributed by atoms with Gasteiger partial charge in [-0.3, -0.25) is 4.79 Å². The first-order valence-electron chi connectivity index (χ1n) is 7.17. The summed E-state index contributed by atoms with van der Waals surface area (Å²) in [7, 11) is 0. The Labute approximate surface area is 130 Å². The molecular weight excluding hydrogens is 288 g/mol. The maximum absolute atomic E-state index is 12.2. The number of nitrogen functional groups attached to an aromatic ring is 1. The van der Waals surface area contributed by atoms with Crippen LogP contribution in [0.1, 0.15) is 44.3 Å². The van der Waals surface area contributed by atoms with E-state index in [1.165, 1.54) is 11.3 Å². The van der Waals surface area contributed by atoms with Crippen LogP contribution >= 0.6 is 11.3 Å². The van der Waals surface area contributed by atoms with Crippen molar-refractivity contribution in [2.24, 2.45) is 5.92 Å². The van der Waals surface area contributed by atoms with E-state index in [1.807, 2.05) is 20.8 Å². The number of anilines is 2. The van der Waals surface area contributed by atoms with Crippen molar-refractivity contribution in [1.82, 2.24) is 10.3 Å². The molecule has 1 heterocycles. The highest BCUT2D eigenvalue weighted by atomic mass is 32.1. The maximum Gasteiger partial charge on any atom is 0.265 e. The van der Waals surface area contributed by atoms with E-state index in [0.29, 0.717) is 29.1 Å². The van der Waals surface area contributed by atoms with Crippen molar-refractivity contribution < 1.29 is 9.53 Å². The number of hydrogen-bond donors (Lipinski definition) is 3. The Kier molecular flexibility index (Phi) is 6.42. The fourth-order valence-corrected chi connectivity index (χ4v) is 2.48. The predicted molar refractivity (Wildman–Crippen MR) is 87.9 cm³/mol. The molecule has 0 aliphatic carbocycles. The number of thiazole rings is 1. The highest BCUT2D eigenvalue weighted by molar-refractivity contribution is 7.18. The Morgan fingerprint density at radius 3 is 2.71 bits per heavy atom. The van der Waals surface area contributed by atoms with Gasteiger partial charge in [0.2, 0.25) is 0 Å². The molecule has 1 amide bonds. The van der Waals surface area contributed by atoms with E-state index in [-0.39, 0.29) is 11.7 Å². The maximum atomic E-state index is 12.2. The molecular formula is C14H26N4O2S. The van der Waals surface area contributed by atoms with Gasteiger partial charge < -0.3 is 21.1 Å². The summed E-state index contributed by atoms with van der Waals surface area (Å²) in [6, 6.07) is 0. The van der Waals surface area contributed by atoms with Crippen LogP contribution in [0.4, 0.5) is 10.9 Å². The van der Waals surface area contributed by atoms with Crippen LogP contribution in [-0.4, -0.2) is 36.2 Å². The van der Waals surface area contributed by atoms with Gasteiger partial charge in [-0.15, -0.1) is 0 Å². The second-order valence-corrected chi connectivity index (χ2v) is 6.88. The molecule has 0 aromatic carbocycles. The zero-order chi connectivity index (χ0) is 16.0. The zero-order valence-corrected chi connectivity index (χ0v) is 14.3. The minimum absolute atomic E-state index is 0.213. The fourth-order valence-electron chi connectivity index (χ4n) is 1.68. The highest BCUT2D eigenvalue weighted by Gasteiger charge is 2.21. The van der Waals surface area contributed by atoms with Crippen molar-refractivity contribution in [3.8, 4) is 0 Å². The van der Waals surface area contributed by atoms with Gasteiger partial charge in [-0.1, -0.05) is 25.2 Å². The molecule has 0 saturated carbocycles. The molecule has 120 valence electrons. The van der Waals surface area contributed by atoms with Crippen molar-refractivity contribution in [3.63, 3.8) is 0 Å². The average Bonchev–Trinajstić information content (AvgIpc) is 2.75. The Bertz CT molecular complexity index is 472. The first kappa shape index (κ1) is 17.7. The molecule has 0 atom stereocenters. The number of carbonyl (C=O) groups excluding carboxylic acids is 1. The summed E-state index contributed by atoms with van der Waals surface area (Å²) < 4.78 is 5.55. The molecule has 1 rings (SSSR count).